The summed E-state index contributed by atoms with van der Waals surface area (Å²) in [6.07, 6.45) is 3.54. The van der Waals surface area contributed by atoms with Crippen LogP contribution in [-0.4, -0.2) is 28.3 Å². The largest absolute Gasteiger partial charge is 0.371 e. The normalized spacial score (nSPS) is 15.1. The van der Waals surface area contributed by atoms with Crippen molar-refractivity contribution in [2.45, 2.75) is 39.0 Å². The minimum absolute atomic E-state index is 0.0441. The zero-order chi connectivity index (χ0) is 16.3. The predicted molar refractivity (Wildman–Crippen MR) is 94.0 cm³/mol. The number of benzene rings is 1. The Labute approximate surface area is 136 Å². The second kappa shape index (κ2) is 6.36. The monoisotopic (exact) mass is 309 g/mol. The second-order valence-corrected chi connectivity index (χ2v) is 6.66. The van der Waals surface area contributed by atoms with Crippen LogP contribution in [0.1, 0.15) is 43.5 Å². The molecule has 2 heterocycles. The summed E-state index contributed by atoms with van der Waals surface area (Å²) in [5.41, 5.74) is 4.48. The Morgan fingerprint density at radius 3 is 2.48 bits per heavy atom. The average molecular weight is 309 g/mol. The van der Waals surface area contributed by atoms with Gasteiger partial charge >= 0.3 is 0 Å². The van der Waals surface area contributed by atoms with Crippen molar-refractivity contribution in [3.05, 3.63) is 53.3 Å². The van der Waals surface area contributed by atoms with Gasteiger partial charge < -0.3 is 5.32 Å². The number of hydrogen-bond donors (Lipinski definition) is 2. The molecule has 0 atom stereocenters. The SMILES string of the molecule is Cc1ccc(C(C)(C)CNC2=NN=C(c3cc[nH]n3)CC2)cc1. The number of H-pyrrole nitrogens is 1. The van der Waals surface area contributed by atoms with E-state index in [1.54, 1.807) is 6.20 Å². The van der Waals surface area contributed by atoms with E-state index < -0.39 is 0 Å². The summed E-state index contributed by atoms with van der Waals surface area (Å²) in [6.45, 7) is 7.43. The van der Waals surface area contributed by atoms with E-state index in [1.165, 1.54) is 11.1 Å². The van der Waals surface area contributed by atoms with Crippen molar-refractivity contribution in [3.8, 4) is 0 Å². The highest BCUT2D eigenvalue weighted by atomic mass is 15.3. The second-order valence-electron chi connectivity index (χ2n) is 6.66. The third kappa shape index (κ3) is 3.67. The lowest BCUT2D eigenvalue weighted by molar-refractivity contribution is 0.510. The predicted octanol–water partition coefficient (Wildman–Crippen LogP) is 3.18. The quantitative estimate of drug-likeness (QED) is 0.911. The Balaban J connectivity index is 1.63. The first-order chi connectivity index (χ1) is 11.0. The summed E-state index contributed by atoms with van der Waals surface area (Å²) in [7, 11) is 0. The molecule has 0 saturated carbocycles. The number of aromatic nitrogens is 2. The molecule has 2 aromatic rings. The Kier molecular flexibility index (Phi) is 4.28. The summed E-state index contributed by atoms with van der Waals surface area (Å²) < 4.78 is 0. The molecule has 1 aliphatic heterocycles. The van der Waals surface area contributed by atoms with Crippen molar-refractivity contribution in [2.75, 3.05) is 6.54 Å². The van der Waals surface area contributed by atoms with E-state index in [4.69, 9.17) is 0 Å². The molecule has 23 heavy (non-hydrogen) atoms. The van der Waals surface area contributed by atoms with Gasteiger partial charge in [0.1, 0.15) is 11.5 Å². The van der Waals surface area contributed by atoms with Crippen LogP contribution in [0.3, 0.4) is 0 Å². The van der Waals surface area contributed by atoms with Gasteiger partial charge in [-0.1, -0.05) is 43.7 Å². The Bertz CT molecular complexity index is 708. The molecule has 120 valence electrons. The first-order valence-electron chi connectivity index (χ1n) is 7.99. The van der Waals surface area contributed by atoms with Crippen molar-refractivity contribution >= 4 is 11.5 Å². The number of aryl methyl sites for hydroxylation is 1. The van der Waals surface area contributed by atoms with Gasteiger partial charge in [-0.3, -0.25) is 5.10 Å². The smallest absolute Gasteiger partial charge is 0.125 e. The summed E-state index contributed by atoms with van der Waals surface area (Å²) in [6, 6.07) is 10.7. The van der Waals surface area contributed by atoms with Gasteiger partial charge in [0.05, 0.1) is 5.71 Å². The number of nitrogens with one attached hydrogen (secondary N) is 2. The molecule has 0 fully saturated rings. The molecule has 0 saturated heterocycles. The highest BCUT2D eigenvalue weighted by Gasteiger charge is 2.22. The van der Waals surface area contributed by atoms with Crippen molar-refractivity contribution in [2.24, 2.45) is 10.2 Å². The molecular formula is C18H23N5. The van der Waals surface area contributed by atoms with Crippen molar-refractivity contribution in [1.82, 2.24) is 15.5 Å². The third-order valence-corrected chi connectivity index (χ3v) is 4.25. The minimum Gasteiger partial charge on any atom is -0.371 e. The fraction of sp³-hybridized carbons (Fsp3) is 0.389. The van der Waals surface area contributed by atoms with E-state index in [0.717, 1.165) is 36.6 Å². The number of aromatic amines is 1. The summed E-state index contributed by atoms with van der Waals surface area (Å²) in [5, 5.41) is 19.0. The fourth-order valence-electron chi connectivity index (χ4n) is 2.61. The average Bonchev–Trinajstić information content (AvgIpc) is 3.08. The maximum absolute atomic E-state index is 4.32. The Morgan fingerprint density at radius 2 is 1.87 bits per heavy atom. The van der Waals surface area contributed by atoms with E-state index in [1.807, 2.05) is 6.07 Å². The molecule has 1 aromatic heterocycles. The van der Waals surface area contributed by atoms with Gasteiger partial charge in [-0.15, -0.1) is 5.10 Å². The zero-order valence-electron chi connectivity index (χ0n) is 13.9. The van der Waals surface area contributed by atoms with Crippen LogP contribution in [0.4, 0.5) is 0 Å². The van der Waals surface area contributed by atoms with Crippen LogP contribution in [0.5, 0.6) is 0 Å². The van der Waals surface area contributed by atoms with E-state index in [0.29, 0.717) is 0 Å². The van der Waals surface area contributed by atoms with E-state index in [-0.39, 0.29) is 5.41 Å². The highest BCUT2D eigenvalue weighted by Crippen LogP contribution is 2.23. The van der Waals surface area contributed by atoms with Crippen molar-refractivity contribution < 1.29 is 0 Å². The lowest BCUT2D eigenvalue weighted by Gasteiger charge is -2.27. The van der Waals surface area contributed by atoms with E-state index in [9.17, 15) is 0 Å². The Morgan fingerprint density at radius 1 is 1.09 bits per heavy atom. The lowest BCUT2D eigenvalue weighted by atomic mass is 9.84. The van der Waals surface area contributed by atoms with Crippen LogP contribution >= 0.6 is 0 Å². The number of rotatable bonds is 4. The molecule has 0 unspecified atom stereocenters. The highest BCUT2D eigenvalue weighted by molar-refractivity contribution is 6.02. The number of hydrogen-bond acceptors (Lipinski definition) is 4. The van der Waals surface area contributed by atoms with Crippen LogP contribution in [0.2, 0.25) is 0 Å². The van der Waals surface area contributed by atoms with Crippen LogP contribution in [-0.2, 0) is 5.41 Å². The van der Waals surface area contributed by atoms with E-state index in [2.05, 4.69) is 70.8 Å². The van der Waals surface area contributed by atoms with Gasteiger partial charge in [0.2, 0.25) is 0 Å². The molecule has 2 N–H and O–H groups in total. The molecule has 1 aromatic carbocycles. The number of amidine groups is 1. The standard InChI is InChI=1S/C18H23N5/c1-13-4-6-14(7-5-13)18(2,3)12-19-17-9-8-15(22-23-17)16-10-11-20-21-16/h4-7,10-11H,8-9,12H2,1-3H3,(H,19,23)(H,20,21). The van der Waals surface area contributed by atoms with Gasteiger partial charge in [0.15, 0.2) is 0 Å². The zero-order valence-corrected chi connectivity index (χ0v) is 13.9. The van der Waals surface area contributed by atoms with Gasteiger partial charge in [0, 0.05) is 31.0 Å². The van der Waals surface area contributed by atoms with Crippen LogP contribution in [0, 0.1) is 6.92 Å². The third-order valence-electron chi connectivity index (χ3n) is 4.25. The minimum atomic E-state index is 0.0441. The first-order valence-corrected chi connectivity index (χ1v) is 7.99. The molecule has 5 heteroatoms. The molecule has 0 aliphatic carbocycles. The van der Waals surface area contributed by atoms with Crippen LogP contribution < -0.4 is 5.32 Å². The van der Waals surface area contributed by atoms with Gasteiger partial charge in [-0.25, -0.2) is 0 Å². The maximum atomic E-state index is 4.32. The summed E-state index contributed by atoms with van der Waals surface area (Å²) in [5.74, 6) is 0.949. The molecule has 0 radical (unpaired) electrons. The maximum Gasteiger partial charge on any atom is 0.125 e. The fourth-order valence-corrected chi connectivity index (χ4v) is 2.61. The number of nitrogens with zero attached hydrogens (tertiary/aromatic N) is 3. The molecule has 5 nitrogen and oxygen atoms in total. The molecule has 3 rings (SSSR count). The molecule has 0 spiro atoms. The Hall–Kier alpha value is -2.43. The van der Waals surface area contributed by atoms with Crippen molar-refractivity contribution in [3.63, 3.8) is 0 Å². The van der Waals surface area contributed by atoms with Crippen molar-refractivity contribution in [1.29, 1.82) is 0 Å². The summed E-state index contributed by atoms with van der Waals surface area (Å²) in [4.78, 5) is 0. The lowest BCUT2D eigenvalue weighted by Crippen LogP contribution is -2.37. The van der Waals surface area contributed by atoms with Gasteiger partial charge in [-0.05, 0) is 18.6 Å². The van der Waals surface area contributed by atoms with Crippen LogP contribution in [0.25, 0.3) is 0 Å². The van der Waals surface area contributed by atoms with Gasteiger partial charge in [0.25, 0.3) is 0 Å². The molecule has 0 amide bonds. The first kappa shape index (κ1) is 15.5. The molecule has 0 bridgehead atoms. The molecular weight excluding hydrogens is 286 g/mol. The van der Waals surface area contributed by atoms with Crippen LogP contribution in [0.15, 0.2) is 46.7 Å². The van der Waals surface area contributed by atoms with Gasteiger partial charge in [-0.2, -0.15) is 10.2 Å². The summed E-state index contributed by atoms with van der Waals surface area (Å²) >= 11 is 0. The topological polar surface area (TPSA) is 65.4 Å². The van der Waals surface area contributed by atoms with E-state index >= 15 is 0 Å². The molecule has 1 aliphatic rings.